The van der Waals surface area contributed by atoms with Crippen LogP contribution in [0.4, 0.5) is 0 Å². The predicted octanol–water partition coefficient (Wildman–Crippen LogP) is -0.809. The number of carboxylic acids is 2. The maximum absolute atomic E-state index is 12.9. The lowest BCUT2D eigenvalue weighted by molar-refractivity contribution is -0.144. The average molecular weight is 475 g/mol. The third-order valence-electron chi connectivity index (χ3n) is 5.64. The molecule has 0 bridgehead atoms. The Morgan fingerprint density at radius 2 is 1.18 bits per heavy atom. The number of hydrogen-bond acceptors (Lipinski definition) is 7. The third-order valence-corrected chi connectivity index (χ3v) is 5.64. The van der Waals surface area contributed by atoms with Crippen LogP contribution in [0.3, 0.4) is 0 Å². The molecule has 0 fully saturated rings. The lowest BCUT2D eigenvalue weighted by Gasteiger charge is -2.29. The fraction of sp³-hybridized carbons (Fsp3) is 0.762. The molecule has 8 N–H and O–H groups in total. The smallest absolute Gasteiger partial charge is 0.326 e. The van der Waals surface area contributed by atoms with Gasteiger partial charge in [0.05, 0.1) is 12.1 Å². The predicted molar refractivity (Wildman–Crippen MR) is 119 cm³/mol. The van der Waals surface area contributed by atoms with E-state index in [1.54, 1.807) is 27.7 Å². The Labute approximate surface area is 193 Å². The van der Waals surface area contributed by atoms with Crippen molar-refractivity contribution in [3.8, 4) is 0 Å². The number of hydrogen-bond donors (Lipinski definition) is 7. The van der Waals surface area contributed by atoms with Crippen molar-refractivity contribution >= 4 is 29.7 Å². The standard InChI is InChI=1S/C21H38N4O8/c1-6-10(3)15(19(30)24-16(21(32)33)11(4)7-2)23-20(31)17(12(5)26)25-18(29)13(22)8-9-14(27)28/h10-13,15-17,26H,6-9,22H2,1-5H3,(H,23,31)(H,24,30)(H,25,29)(H,27,28)(H,32,33). The SMILES string of the molecule is CCC(C)C(NC(=O)C(NC(=O)C(NC(=O)C(N)CCC(=O)O)C(C)O)C(C)CC)C(=O)O. The van der Waals surface area contributed by atoms with Crippen LogP contribution in [-0.4, -0.2) is 75.3 Å². The number of aliphatic carboxylic acids is 2. The van der Waals surface area contributed by atoms with E-state index in [1.165, 1.54) is 6.92 Å². The van der Waals surface area contributed by atoms with Crippen LogP contribution in [0.25, 0.3) is 0 Å². The van der Waals surface area contributed by atoms with Crippen LogP contribution in [-0.2, 0) is 24.0 Å². The van der Waals surface area contributed by atoms with Crippen LogP contribution >= 0.6 is 0 Å². The van der Waals surface area contributed by atoms with Gasteiger partial charge in [-0.2, -0.15) is 0 Å². The number of aliphatic hydroxyl groups is 1. The zero-order valence-corrected chi connectivity index (χ0v) is 19.8. The molecule has 0 rings (SSSR count). The van der Waals surface area contributed by atoms with Crippen LogP contribution in [0, 0.1) is 11.8 Å². The molecule has 12 nitrogen and oxygen atoms in total. The maximum Gasteiger partial charge on any atom is 0.326 e. The summed E-state index contributed by atoms with van der Waals surface area (Å²) in [6.45, 7) is 8.21. The number of carbonyl (C=O) groups excluding carboxylic acids is 3. The maximum atomic E-state index is 12.9. The summed E-state index contributed by atoms with van der Waals surface area (Å²) < 4.78 is 0. The molecular formula is C21H38N4O8. The van der Waals surface area contributed by atoms with Crippen molar-refractivity contribution < 1.29 is 39.3 Å². The summed E-state index contributed by atoms with van der Waals surface area (Å²) in [4.78, 5) is 60.2. The Morgan fingerprint density at radius 3 is 1.61 bits per heavy atom. The molecule has 0 radical (unpaired) electrons. The molecule has 0 aliphatic carbocycles. The van der Waals surface area contributed by atoms with Gasteiger partial charge in [-0.1, -0.05) is 40.5 Å². The highest BCUT2D eigenvalue weighted by Gasteiger charge is 2.35. The Kier molecular flexibility index (Phi) is 13.2. The molecule has 0 spiro atoms. The van der Waals surface area contributed by atoms with Crippen molar-refractivity contribution in [1.82, 2.24) is 16.0 Å². The van der Waals surface area contributed by atoms with Crippen molar-refractivity contribution in [3.63, 3.8) is 0 Å². The molecule has 7 atom stereocenters. The fourth-order valence-electron chi connectivity index (χ4n) is 2.95. The second-order valence-electron chi connectivity index (χ2n) is 8.35. The zero-order valence-electron chi connectivity index (χ0n) is 19.8. The summed E-state index contributed by atoms with van der Waals surface area (Å²) in [5, 5.41) is 35.4. The van der Waals surface area contributed by atoms with Gasteiger partial charge in [-0.15, -0.1) is 0 Å². The highest BCUT2D eigenvalue weighted by Crippen LogP contribution is 2.13. The summed E-state index contributed by atoms with van der Waals surface area (Å²) in [6.07, 6.45) is -0.884. The second-order valence-corrected chi connectivity index (χ2v) is 8.35. The molecule has 0 heterocycles. The topological polar surface area (TPSA) is 208 Å². The van der Waals surface area contributed by atoms with Crippen molar-refractivity contribution in [3.05, 3.63) is 0 Å². The summed E-state index contributed by atoms with van der Waals surface area (Å²) in [6, 6.07) is -4.94. The molecule has 0 saturated heterocycles. The first-order valence-electron chi connectivity index (χ1n) is 11.1. The largest absolute Gasteiger partial charge is 0.481 e. The Hall–Kier alpha value is -2.73. The van der Waals surface area contributed by atoms with Gasteiger partial charge in [-0.25, -0.2) is 4.79 Å². The summed E-state index contributed by atoms with van der Waals surface area (Å²) >= 11 is 0. The van der Waals surface area contributed by atoms with Crippen LogP contribution < -0.4 is 21.7 Å². The number of carbonyl (C=O) groups is 5. The van der Waals surface area contributed by atoms with E-state index < -0.39 is 59.9 Å². The number of nitrogens with one attached hydrogen (secondary N) is 3. The lowest BCUT2D eigenvalue weighted by atomic mass is 9.95. The van der Waals surface area contributed by atoms with E-state index in [1.807, 2.05) is 0 Å². The molecule has 33 heavy (non-hydrogen) atoms. The number of amides is 3. The minimum absolute atomic E-state index is 0.167. The van der Waals surface area contributed by atoms with E-state index in [2.05, 4.69) is 16.0 Å². The van der Waals surface area contributed by atoms with Crippen LogP contribution in [0.1, 0.15) is 60.3 Å². The summed E-state index contributed by atoms with van der Waals surface area (Å²) in [7, 11) is 0. The monoisotopic (exact) mass is 474 g/mol. The van der Waals surface area contributed by atoms with Crippen molar-refractivity contribution in [2.45, 2.75) is 90.6 Å². The van der Waals surface area contributed by atoms with Crippen LogP contribution in [0.15, 0.2) is 0 Å². The Morgan fingerprint density at radius 1 is 0.758 bits per heavy atom. The highest BCUT2D eigenvalue weighted by molar-refractivity contribution is 5.94. The second kappa shape index (κ2) is 14.4. The Balaban J connectivity index is 5.49. The van der Waals surface area contributed by atoms with E-state index in [-0.39, 0.29) is 24.7 Å². The van der Waals surface area contributed by atoms with Crippen molar-refractivity contribution in [2.75, 3.05) is 0 Å². The molecule has 7 unspecified atom stereocenters. The van der Waals surface area contributed by atoms with Gasteiger partial charge in [0.2, 0.25) is 17.7 Å². The molecule has 0 aliphatic heterocycles. The molecule has 0 aliphatic rings. The molecule has 190 valence electrons. The lowest BCUT2D eigenvalue weighted by Crippen LogP contribution is -2.61. The fourth-order valence-corrected chi connectivity index (χ4v) is 2.95. The van der Waals surface area contributed by atoms with Gasteiger partial charge in [-0.3, -0.25) is 19.2 Å². The highest BCUT2D eigenvalue weighted by atomic mass is 16.4. The van der Waals surface area contributed by atoms with Gasteiger partial charge in [0.15, 0.2) is 0 Å². The Bertz CT molecular complexity index is 700. The molecule has 0 saturated carbocycles. The van der Waals surface area contributed by atoms with Crippen LogP contribution in [0.5, 0.6) is 0 Å². The van der Waals surface area contributed by atoms with E-state index in [4.69, 9.17) is 10.8 Å². The number of rotatable bonds is 15. The van der Waals surface area contributed by atoms with Gasteiger partial charge >= 0.3 is 11.9 Å². The minimum Gasteiger partial charge on any atom is -0.481 e. The first kappa shape index (κ1) is 30.3. The number of aliphatic hydroxyl groups excluding tert-OH is 1. The van der Waals surface area contributed by atoms with E-state index in [0.29, 0.717) is 12.8 Å². The summed E-state index contributed by atoms with van der Waals surface area (Å²) in [5.41, 5.74) is 5.65. The average Bonchev–Trinajstić information content (AvgIpc) is 2.75. The first-order chi connectivity index (χ1) is 15.3. The minimum atomic E-state index is -1.46. The quantitative estimate of drug-likeness (QED) is 0.158. The van der Waals surface area contributed by atoms with E-state index >= 15 is 0 Å². The molecule has 0 aromatic carbocycles. The van der Waals surface area contributed by atoms with E-state index in [0.717, 1.165) is 0 Å². The first-order valence-corrected chi connectivity index (χ1v) is 11.1. The summed E-state index contributed by atoms with van der Waals surface area (Å²) in [5.74, 6) is -5.46. The normalized spacial score (nSPS) is 17.4. The van der Waals surface area contributed by atoms with Gasteiger partial charge in [0.1, 0.15) is 18.1 Å². The molecule has 3 amide bonds. The van der Waals surface area contributed by atoms with Gasteiger partial charge in [0.25, 0.3) is 0 Å². The zero-order chi connectivity index (χ0) is 25.9. The van der Waals surface area contributed by atoms with Crippen LogP contribution in [0.2, 0.25) is 0 Å². The van der Waals surface area contributed by atoms with E-state index in [9.17, 15) is 34.2 Å². The third kappa shape index (κ3) is 10.2. The molecule has 0 aromatic heterocycles. The number of carboxylic acid groups (broad SMARTS) is 2. The van der Waals surface area contributed by atoms with Gasteiger partial charge < -0.3 is 37.0 Å². The molecule has 12 heteroatoms. The number of nitrogens with two attached hydrogens (primary N) is 1. The molecule has 0 aromatic rings. The van der Waals surface area contributed by atoms with Gasteiger partial charge in [0, 0.05) is 6.42 Å². The van der Waals surface area contributed by atoms with Gasteiger partial charge in [-0.05, 0) is 25.2 Å². The van der Waals surface area contributed by atoms with Crippen molar-refractivity contribution in [2.24, 2.45) is 17.6 Å². The molecular weight excluding hydrogens is 436 g/mol. The van der Waals surface area contributed by atoms with Crippen molar-refractivity contribution in [1.29, 1.82) is 0 Å².